The van der Waals surface area contributed by atoms with Gasteiger partial charge in [0.2, 0.25) is 0 Å². The second-order valence-corrected chi connectivity index (χ2v) is 5.07. The predicted octanol–water partition coefficient (Wildman–Crippen LogP) is 3.63. The second kappa shape index (κ2) is 7.10. The lowest BCUT2D eigenvalue weighted by Gasteiger charge is -2.14. The van der Waals surface area contributed by atoms with E-state index in [1.807, 2.05) is 30.3 Å². The van der Waals surface area contributed by atoms with Gasteiger partial charge >= 0.3 is 0 Å². The quantitative estimate of drug-likeness (QED) is 0.798. The maximum absolute atomic E-state index is 11.8. The van der Waals surface area contributed by atoms with Gasteiger partial charge in [0.15, 0.2) is 0 Å². The third-order valence-electron chi connectivity index (χ3n) is 2.83. The van der Waals surface area contributed by atoms with Crippen molar-refractivity contribution in [2.24, 2.45) is 5.92 Å². The molecule has 0 saturated heterocycles. The monoisotopic (exact) mass is 233 g/mol. The summed E-state index contributed by atoms with van der Waals surface area (Å²) in [6.07, 6.45) is 3.45. The summed E-state index contributed by atoms with van der Waals surface area (Å²) in [6.45, 7) is 6.53. The average Bonchev–Trinajstić information content (AvgIpc) is 2.29. The normalized spacial score (nSPS) is 12.5. The number of carbonyl (C=O) groups excluding carboxylic acids is 1. The molecule has 0 aliphatic heterocycles. The SMILES string of the molecule is CC(C)CCC[C@@H](C)NC(=O)c1ccccc1. The topological polar surface area (TPSA) is 29.1 Å². The first-order valence-corrected chi connectivity index (χ1v) is 6.45. The van der Waals surface area contributed by atoms with E-state index in [2.05, 4.69) is 26.1 Å². The van der Waals surface area contributed by atoms with Crippen LogP contribution >= 0.6 is 0 Å². The largest absolute Gasteiger partial charge is 0.350 e. The first kappa shape index (κ1) is 13.8. The van der Waals surface area contributed by atoms with Crippen molar-refractivity contribution in [3.63, 3.8) is 0 Å². The Kier molecular flexibility index (Phi) is 5.75. The minimum absolute atomic E-state index is 0.0302. The Labute approximate surface area is 104 Å². The van der Waals surface area contributed by atoms with Gasteiger partial charge in [0.05, 0.1) is 0 Å². The van der Waals surface area contributed by atoms with Crippen molar-refractivity contribution in [1.82, 2.24) is 5.32 Å². The molecule has 1 N–H and O–H groups in total. The standard InChI is InChI=1S/C15H23NO/c1-12(2)8-7-9-13(3)16-15(17)14-10-5-4-6-11-14/h4-6,10-13H,7-9H2,1-3H3,(H,16,17)/t13-/m1/s1. The van der Waals surface area contributed by atoms with Crippen LogP contribution in [-0.4, -0.2) is 11.9 Å². The van der Waals surface area contributed by atoms with Crippen molar-refractivity contribution in [1.29, 1.82) is 0 Å². The zero-order valence-corrected chi connectivity index (χ0v) is 11.1. The van der Waals surface area contributed by atoms with E-state index in [9.17, 15) is 4.79 Å². The van der Waals surface area contributed by atoms with Crippen LogP contribution in [0.25, 0.3) is 0 Å². The van der Waals surface area contributed by atoms with Crippen LogP contribution < -0.4 is 5.32 Å². The van der Waals surface area contributed by atoms with Gasteiger partial charge in [-0.1, -0.05) is 44.9 Å². The number of nitrogens with one attached hydrogen (secondary N) is 1. The molecule has 0 aromatic heterocycles. The molecular weight excluding hydrogens is 210 g/mol. The molecule has 1 aromatic rings. The van der Waals surface area contributed by atoms with E-state index in [-0.39, 0.29) is 11.9 Å². The van der Waals surface area contributed by atoms with Gasteiger partial charge in [-0.05, 0) is 31.4 Å². The van der Waals surface area contributed by atoms with Crippen LogP contribution in [0.3, 0.4) is 0 Å². The van der Waals surface area contributed by atoms with Gasteiger partial charge in [0, 0.05) is 11.6 Å². The molecule has 0 aliphatic carbocycles. The zero-order valence-electron chi connectivity index (χ0n) is 11.1. The van der Waals surface area contributed by atoms with Crippen molar-refractivity contribution in [3.05, 3.63) is 35.9 Å². The molecule has 0 unspecified atom stereocenters. The Balaban J connectivity index is 2.31. The highest BCUT2D eigenvalue weighted by atomic mass is 16.1. The molecule has 2 nitrogen and oxygen atoms in total. The van der Waals surface area contributed by atoms with Crippen LogP contribution in [0.1, 0.15) is 50.4 Å². The highest BCUT2D eigenvalue weighted by Crippen LogP contribution is 2.08. The number of benzene rings is 1. The van der Waals surface area contributed by atoms with E-state index in [0.29, 0.717) is 0 Å². The van der Waals surface area contributed by atoms with E-state index < -0.39 is 0 Å². The molecule has 0 spiro atoms. The lowest BCUT2D eigenvalue weighted by molar-refractivity contribution is 0.0938. The van der Waals surface area contributed by atoms with Gasteiger partial charge < -0.3 is 5.32 Å². The summed E-state index contributed by atoms with van der Waals surface area (Å²) in [5.74, 6) is 0.773. The van der Waals surface area contributed by atoms with E-state index >= 15 is 0 Å². The summed E-state index contributed by atoms with van der Waals surface area (Å²) in [5, 5.41) is 3.03. The van der Waals surface area contributed by atoms with Gasteiger partial charge in [-0.3, -0.25) is 4.79 Å². The fourth-order valence-corrected chi connectivity index (χ4v) is 1.80. The van der Waals surface area contributed by atoms with Gasteiger partial charge in [0.1, 0.15) is 0 Å². The Hall–Kier alpha value is -1.31. The number of hydrogen-bond donors (Lipinski definition) is 1. The van der Waals surface area contributed by atoms with Gasteiger partial charge in [-0.25, -0.2) is 0 Å². The van der Waals surface area contributed by atoms with Crippen molar-refractivity contribution < 1.29 is 4.79 Å². The van der Waals surface area contributed by atoms with Crippen LogP contribution in [-0.2, 0) is 0 Å². The van der Waals surface area contributed by atoms with Crippen LogP contribution in [0.5, 0.6) is 0 Å². The minimum atomic E-state index is 0.0302. The van der Waals surface area contributed by atoms with Crippen molar-refractivity contribution in [2.45, 2.75) is 46.1 Å². The number of rotatable bonds is 6. The highest BCUT2D eigenvalue weighted by Gasteiger charge is 2.08. The van der Waals surface area contributed by atoms with Crippen LogP contribution in [0.4, 0.5) is 0 Å². The summed E-state index contributed by atoms with van der Waals surface area (Å²) >= 11 is 0. The predicted molar refractivity (Wildman–Crippen MR) is 72.1 cm³/mol. The molecule has 0 fully saturated rings. The molecule has 0 heterocycles. The summed E-state index contributed by atoms with van der Waals surface area (Å²) in [7, 11) is 0. The van der Waals surface area contributed by atoms with E-state index in [1.165, 1.54) is 12.8 Å². The number of carbonyl (C=O) groups is 1. The third-order valence-corrected chi connectivity index (χ3v) is 2.83. The fraction of sp³-hybridized carbons (Fsp3) is 0.533. The number of amides is 1. The summed E-state index contributed by atoms with van der Waals surface area (Å²) in [6, 6.07) is 9.63. The Morgan fingerprint density at radius 2 is 1.76 bits per heavy atom. The summed E-state index contributed by atoms with van der Waals surface area (Å²) < 4.78 is 0. The molecule has 94 valence electrons. The lowest BCUT2D eigenvalue weighted by Crippen LogP contribution is -2.32. The maximum atomic E-state index is 11.8. The molecule has 1 amide bonds. The average molecular weight is 233 g/mol. The van der Waals surface area contributed by atoms with Crippen molar-refractivity contribution in [2.75, 3.05) is 0 Å². The van der Waals surface area contributed by atoms with E-state index in [1.54, 1.807) is 0 Å². The maximum Gasteiger partial charge on any atom is 0.251 e. The Morgan fingerprint density at radius 3 is 2.35 bits per heavy atom. The highest BCUT2D eigenvalue weighted by molar-refractivity contribution is 5.94. The van der Waals surface area contributed by atoms with Crippen LogP contribution in [0.2, 0.25) is 0 Å². The van der Waals surface area contributed by atoms with Crippen LogP contribution in [0, 0.1) is 5.92 Å². The van der Waals surface area contributed by atoms with E-state index in [4.69, 9.17) is 0 Å². The third kappa shape index (κ3) is 5.53. The molecular formula is C15H23NO. The molecule has 0 radical (unpaired) electrons. The molecule has 2 heteroatoms. The Morgan fingerprint density at radius 1 is 1.12 bits per heavy atom. The number of hydrogen-bond acceptors (Lipinski definition) is 1. The van der Waals surface area contributed by atoms with Gasteiger partial charge in [-0.15, -0.1) is 0 Å². The molecule has 0 bridgehead atoms. The second-order valence-electron chi connectivity index (χ2n) is 5.07. The summed E-state index contributed by atoms with van der Waals surface area (Å²) in [4.78, 5) is 11.8. The van der Waals surface area contributed by atoms with E-state index in [0.717, 1.165) is 17.9 Å². The molecule has 17 heavy (non-hydrogen) atoms. The van der Waals surface area contributed by atoms with Crippen molar-refractivity contribution >= 4 is 5.91 Å². The Bertz CT molecular complexity index is 332. The minimum Gasteiger partial charge on any atom is -0.350 e. The summed E-state index contributed by atoms with van der Waals surface area (Å²) in [5.41, 5.74) is 0.739. The molecule has 1 rings (SSSR count). The van der Waals surface area contributed by atoms with Gasteiger partial charge in [-0.2, -0.15) is 0 Å². The molecule has 0 aliphatic rings. The van der Waals surface area contributed by atoms with Gasteiger partial charge in [0.25, 0.3) is 5.91 Å². The first-order chi connectivity index (χ1) is 8.09. The zero-order chi connectivity index (χ0) is 12.7. The smallest absolute Gasteiger partial charge is 0.251 e. The lowest BCUT2D eigenvalue weighted by atomic mass is 10.0. The van der Waals surface area contributed by atoms with Crippen molar-refractivity contribution in [3.8, 4) is 0 Å². The first-order valence-electron chi connectivity index (χ1n) is 6.45. The molecule has 0 saturated carbocycles. The fourth-order valence-electron chi connectivity index (χ4n) is 1.80. The van der Waals surface area contributed by atoms with Crippen LogP contribution in [0.15, 0.2) is 30.3 Å². The molecule has 1 aromatic carbocycles. The molecule has 1 atom stereocenters.